The molecule has 0 aliphatic carbocycles. The predicted molar refractivity (Wildman–Crippen MR) is 79.1 cm³/mol. The summed E-state index contributed by atoms with van der Waals surface area (Å²) in [5, 5.41) is 0. The van der Waals surface area contributed by atoms with Crippen LogP contribution in [0.15, 0.2) is 0 Å². The van der Waals surface area contributed by atoms with Crippen LogP contribution in [0.1, 0.15) is 47.0 Å². The molecule has 2 unspecified atom stereocenters. The van der Waals surface area contributed by atoms with Crippen LogP contribution in [0.25, 0.3) is 0 Å². The minimum absolute atomic E-state index is 0.0781. The van der Waals surface area contributed by atoms with Gasteiger partial charge in [-0.15, -0.1) is 0 Å². The molecule has 0 bridgehead atoms. The van der Waals surface area contributed by atoms with Crippen molar-refractivity contribution in [3.63, 3.8) is 0 Å². The average molecular weight is 345 g/mol. The van der Waals surface area contributed by atoms with Gasteiger partial charge < -0.3 is 0 Å². The number of nitrogens with zero attached hydrogens (tertiary/aromatic N) is 1. The summed E-state index contributed by atoms with van der Waals surface area (Å²) in [5.41, 5.74) is -3.82. The van der Waals surface area contributed by atoms with Gasteiger partial charge in [-0.2, -0.15) is 8.42 Å². The Labute approximate surface area is 131 Å². The van der Waals surface area contributed by atoms with E-state index in [9.17, 15) is 21.6 Å². The fourth-order valence-electron chi connectivity index (χ4n) is 2.69. The first-order valence-electron chi connectivity index (χ1n) is 7.49. The summed E-state index contributed by atoms with van der Waals surface area (Å²) in [5.74, 6) is 0. The van der Waals surface area contributed by atoms with Crippen molar-refractivity contribution in [1.29, 1.82) is 0 Å². The quantitative estimate of drug-likeness (QED) is 0.694. The van der Waals surface area contributed by atoms with Crippen LogP contribution in [-0.4, -0.2) is 50.5 Å². The number of halogens is 3. The largest absolute Gasteiger partial charge is 0.305 e. The molecule has 1 aliphatic rings. The molecule has 1 aliphatic heterocycles. The van der Waals surface area contributed by atoms with Crippen molar-refractivity contribution in [2.75, 3.05) is 19.7 Å². The van der Waals surface area contributed by atoms with Crippen molar-refractivity contribution < 1.29 is 25.8 Å². The highest BCUT2D eigenvalue weighted by Crippen LogP contribution is 2.37. The molecule has 1 rings (SSSR count). The fourth-order valence-corrected chi connectivity index (χ4v) is 3.48. The van der Waals surface area contributed by atoms with Crippen LogP contribution in [0.3, 0.4) is 0 Å². The van der Waals surface area contributed by atoms with Gasteiger partial charge in [-0.1, -0.05) is 6.92 Å². The highest BCUT2D eigenvalue weighted by molar-refractivity contribution is 7.87. The Morgan fingerprint density at radius 1 is 1.27 bits per heavy atom. The second kappa shape index (κ2) is 7.05. The molecule has 1 fully saturated rings. The monoisotopic (exact) mass is 345 g/mol. The first-order chi connectivity index (χ1) is 9.93. The SMILES string of the molecule is CCC1(COS(=O)(=O)C(F)C(F)F)CCCN(C(C)(C)C)C1. The maximum Gasteiger partial charge on any atom is 0.305 e. The summed E-state index contributed by atoms with van der Waals surface area (Å²) in [7, 11) is -4.90. The number of hydrogen-bond acceptors (Lipinski definition) is 4. The lowest BCUT2D eigenvalue weighted by molar-refractivity contribution is -0.00484. The molecule has 22 heavy (non-hydrogen) atoms. The molecular weight excluding hydrogens is 319 g/mol. The van der Waals surface area contributed by atoms with Crippen molar-refractivity contribution in [1.82, 2.24) is 4.90 Å². The molecule has 0 radical (unpaired) electrons. The van der Waals surface area contributed by atoms with Gasteiger partial charge in [0.15, 0.2) is 0 Å². The van der Waals surface area contributed by atoms with E-state index in [1.54, 1.807) is 0 Å². The number of alkyl halides is 3. The van der Waals surface area contributed by atoms with Gasteiger partial charge in [0.05, 0.1) is 6.61 Å². The Bertz CT molecular complexity index is 464. The zero-order valence-corrected chi connectivity index (χ0v) is 14.4. The van der Waals surface area contributed by atoms with Crippen molar-refractivity contribution >= 4 is 10.1 Å². The normalized spacial score (nSPS) is 26.4. The van der Waals surface area contributed by atoms with Gasteiger partial charge in [-0.3, -0.25) is 9.08 Å². The molecule has 0 N–H and O–H groups in total. The van der Waals surface area contributed by atoms with E-state index in [0.717, 1.165) is 19.4 Å². The lowest BCUT2D eigenvalue weighted by atomic mass is 9.77. The first-order valence-corrected chi connectivity index (χ1v) is 8.96. The molecule has 0 saturated carbocycles. The molecule has 8 heteroatoms. The molecule has 0 aromatic carbocycles. The molecular formula is C14H26F3NO3S. The summed E-state index contributed by atoms with van der Waals surface area (Å²) in [6, 6.07) is 0. The third-order valence-corrected chi connectivity index (χ3v) is 5.57. The summed E-state index contributed by atoms with van der Waals surface area (Å²) < 4.78 is 65.1. The third-order valence-electron chi connectivity index (χ3n) is 4.36. The van der Waals surface area contributed by atoms with E-state index >= 15 is 0 Å². The van der Waals surface area contributed by atoms with Crippen molar-refractivity contribution in [3.05, 3.63) is 0 Å². The number of piperidine rings is 1. The zero-order valence-electron chi connectivity index (χ0n) is 13.6. The Morgan fingerprint density at radius 3 is 2.32 bits per heavy atom. The molecule has 4 nitrogen and oxygen atoms in total. The van der Waals surface area contributed by atoms with Gasteiger partial charge in [-0.05, 0) is 46.6 Å². The lowest BCUT2D eigenvalue weighted by Gasteiger charge is -2.47. The zero-order chi connectivity index (χ0) is 17.2. The Morgan fingerprint density at radius 2 is 1.86 bits per heavy atom. The van der Waals surface area contributed by atoms with Crippen LogP contribution in [0.2, 0.25) is 0 Å². The van der Waals surface area contributed by atoms with Gasteiger partial charge in [-0.25, -0.2) is 13.2 Å². The molecule has 1 heterocycles. The van der Waals surface area contributed by atoms with E-state index in [-0.39, 0.29) is 12.1 Å². The lowest BCUT2D eigenvalue weighted by Crippen LogP contribution is -2.53. The smallest absolute Gasteiger partial charge is 0.298 e. The molecule has 0 aromatic rings. The minimum Gasteiger partial charge on any atom is -0.298 e. The van der Waals surface area contributed by atoms with Crippen LogP contribution in [-0.2, 0) is 14.3 Å². The number of hydrogen-bond donors (Lipinski definition) is 0. The second-order valence-corrected chi connectivity index (χ2v) is 8.66. The minimum atomic E-state index is -4.90. The maximum atomic E-state index is 13.1. The summed E-state index contributed by atoms with van der Waals surface area (Å²) in [6.45, 7) is 9.32. The standard InChI is InChI=1S/C14H26F3NO3S/c1-5-14(7-6-8-18(9-14)13(2,3)4)10-21-22(19,20)12(17)11(15)16/h11-12H,5-10H2,1-4H3. The van der Waals surface area contributed by atoms with Crippen molar-refractivity contribution in [3.8, 4) is 0 Å². The number of rotatable bonds is 6. The molecule has 0 aromatic heterocycles. The highest BCUT2D eigenvalue weighted by Gasteiger charge is 2.41. The summed E-state index contributed by atoms with van der Waals surface area (Å²) in [6.07, 6.45) is -1.36. The molecule has 1 saturated heterocycles. The summed E-state index contributed by atoms with van der Waals surface area (Å²) >= 11 is 0. The predicted octanol–water partition coefficient (Wildman–Crippen LogP) is 3.18. The van der Waals surface area contributed by atoms with E-state index < -0.39 is 27.5 Å². The number of likely N-dealkylation sites (tertiary alicyclic amines) is 1. The average Bonchev–Trinajstić information content (AvgIpc) is 2.43. The van der Waals surface area contributed by atoms with E-state index in [4.69, 9.17) is 0 Å². The van der Waals surface area contributed by atoms with Crippen LogP contribution < -0.4 is 0 Å². The van der Waals surface area contributed by atoms with E-state index in [1.807, 2.05) is 6.92 Å². The van der Waals surface area contributed by atoms with Crippen molar-refractivity contribution in [2.24, 2.45) is 5.41 Å². The van der Waals surface area contributed by atoms with E-state index in [2.05, 4.69) is 29.9 Å². The van der Waals surface area contributed by atoms with Crippen LogP contribution in [0.5, 0.6) is 0 Å². The van der Waals surface area contributed by atoms with E-state index in [1.165, 1.54) is 0 Å². The second-order valence-electron chi connectivity index (χ2n) is 6.99. The fraction of sp³-hybridized carbons (Fsp3) is 1.00. The van der Waals surface area contributed by atoms with Gasteiger partial charge in [0.1, 0.15) is 0 Å². The highest BCUT2D eigenvalue weighted by atomic mass is 32.2. The van der Waals surface area contributed by atoms with Crippen molar-refractivity contribution in [2.45, 2.75) is 64.4 Å². The Hall–Kier alpha value is -0.340. The van der Waals surface area contributed by atoms with Gasteiger partial charge in [0.25, 0.3) is 11.9 Å². The van der Waals surface area contributed by atoms with Gasteiger partial charge in [0, 0.05) is 17.5 Å². The molecule has 0 amide bonds. The van der Waals surface area contributed by atoms with Gasteiger partial charge >= 0.3 is 10.1 Å². The maximum absolute atomic E-state index is 13.1. The third kappa shape index (κ3) is 4.83. The Balaban J connectivity index is 2.80. The van der Waals surface area contributed by atoms with Gasteiger partial charge in [0.2, 0.25) is 0 Å². The molecule has 0 spiro atoms. The topological polar surface area (TPSA) is 46.6 Å². The Kier molecular flexibility index (Phi) is 6.31. The van der Waals surface area contributed by atoms with Crippen LogP contribution >= 0.6 is 0 Å². The van der Waals surface area contributed by atoms with Crippen LogP contribution in [0, 0.1) is 5.41 Å². The summed E-state index contributed by atoms with van der Waals surface area (Å²) in [4.78, 5) is 2.22. The van der Waals surface area contributed by atoms with E-state index in [0.29, 0.717) is 13.0 Å². The molecule has 2 atom stereocenters. The molecule has 132 valence electrons. The van der Waals surface area contributed by atoms with Crippen LogP contribution in [0.4, 0.5) is 13.2 Å². The first kappa shape index (κ1) is 19.7.